The molecule has 1 heterocycles. The molecule has 22 heavy (non-hydrogen) atoms. The molecule has 116 valence electrons. The van der Waals surface area contributed by atoms with Gasteiger partial charge in [0.25, 0.3) is 0 Å². The van der Waals surface area contributed by atoms with Gasteiger partial charge in [-0.3, -0.25) is 0 Å². The largest absolute Gasteiger partial charge is 0.466 e. The van der Waals surface area contributed by atoms with E-state index in [4.69, 9.17) is 9.47 Å². The quantitative estimate of drug-likeness (QED) is 0.678. The van der Waals surface area contributed by atoms with Gasteiger partial charge in [-0.25, -0.2) is 9.59 Å². The van der Waals surface area contributed by atoms with E-state index in [-0.39, 0.29) is 0 Å². The SMILES string of the molecule is COC(=O)C1=CNC=C(C(=O)OC)C1c1ccc(SC)cc1. The smallest absolute Gasteiger partial charge is 0.336 e. The van der Waals surface area contributed by atoms with Crippen LogP contribution in [0.25, 0.3) is 0 Å². The van der Waals surface area contributed by atoms with E-state index < -0.39 is 17.9 Å². The summed E-state index contributed by atoms with van der Waals surface area (Å²) in [7, 11) is 2.63. The van der Waals surface area contributed by atoms with Gasteiger partial charge >= 0.3 is 11.9 Å². The molecule has 0 amide bonds. The van der Waals surface area contributed by atoms with Gasteiger partial charge in [0.05, 0.1) is 31.3 Å². The van der Waals surface area contributed by atoms with Crippen molar-refractivity contribution in [3.8, 4) is 0 Å². The van der Waals surface area contributed by atoms with E-state index in [1.165, 1.54) is 14.2 Å². The van der Waals surface area contributed by atoms with E-state index in [1.807, 2.05) is 30.5 Å². The number of esters is 2. The first-order valence-electron chi connectivity index (χ1n) is 6.59. The highest BCUT2D eigenvalue weighted by Gasteiger charge is 2.33. The molecule has 0 aliphatic carbocycles. The highest BCUT2D eigenvalue weighted by Crippen LogP contribution is 2.35. The zero-order valence-corrected chi connectivity index (χ0v) is 13.4. The van der Waals surface area contributed by atoms with Gasteiger partial charge in [0.15, 0.2) is 0 Å². The van der Waals surface area contributed by atoms with Crippen molar-refractivity contribution in [1.82, 2.24) is 5.32 Å². The highest BCUT2D eigenvalue weighted by molar-refractivity contribution is 7.98. The van der Waals surface area contributed by atoms with Crippen molar-refractivity contribution >= 4 is 23.7 Å². The minimum absolute atomic E-state index is 0.363. The van der Waals surface area contributed by atoms with Crippen LogP contribution in [0.4, 0.5) is 0 Å². The fourth-order valence-corrected chi connectivity index (χ4v) is 2.71. The monoisotopic (exact) mass is 319 g/mol. The molecule has 5 nitrogen and oxygen atoms in total. The van der Waals surface area contributed by atoms with Crippen molar-refractivity contribution in [2.24, 2.45) is 0 Å². The summed E-state index contributed by atoms with van der Waals surface area (Å²) in [5.41, 5.74) is 1.55. The number of ether oxygens (including phenoxy) is 2. The van der Waals surface area contributed by atoms with Crippen molar-refractivity contribution in [3.63, 3.8) is 0 Å². The van der Waals surface area contributed by atoms with Crippen LogP contribution in [0.3, 0.4) is 0 Å². The van der Waals surface area contributed by atoms with Crippen molar-refractivity contribution in [2.75, 3.05) is 20.5 Å². The van der Waals surface area contributed by atoms with Crippen molar-refractivity contribution in [1.29, 1.82) is 0 Å². The molecular formula is C16H17NO4S. The first-order chi connectivity index (χ1) is 10.6. The summed E-state index contributed by atoms with van der Waals surface area (Å²) in [6, 6.07) is 7.70. The standard InChI is InChI=1S/C16H17NO4S/c1-20-15(18)12-8-17-9-13(16(19)21-2)14(12)10-4-6-11(22-3)7-5-10/h4-9,14,17H,1-3H3. The average Bonchev–Trinajstić information content (AvgIpc) is 2.59. The van der Waals surface area contributed by atoms with Gasteiger partial charge in [-0.1, -0.05) is 12.1 Å². The number of hydrogen-bond acceptors (Lipinski definition) is 6. The second-order valence-corrected chi connectivity index (χ2v) is 5.44. The van der Waals surface area contributed by atoms with Crippen molar-refractivity contribution in [3.05, 3.63) is 53.4 Å². The maximum Gasteiger partial charge on any atom is 0.336 e. The molecule has 0 spiro atoms. The van der Waals surface area contributed by atoms with Crippen LogP contribution in [0, 0.1) is 0 Å². The van der Waals surface area contributed by atoms with Gasteiger partial charge in [-0.2, -0.15) is 0 Å². The molecule has 0 saturated carbocycles. The minimum atomic E-state index is -0.517. The second kappa shape index (κ2) is 7.17. The maximum absolute atomic E-state index is 12.0. The lowest BCUT2D eigenvalue weighted by Gasteiger charge is -2.24. The molecule has 1 aliphatic rings. The van der Waals surface area contributed by atoms with Crippen LogP contribution < -0.4 is 5.32 Å². The predicted molar refractivity (Wildman–Crippen MR) is 84.3 cm³/mol. The summed E-state index contributed by atoms with van der Waals surface area (Å²) in [6.45, 7) is 0. The third-order valence-corrected chi connectivity index (χ3v) is 4.13. The van der Waals surface area contributed by atoms with Gasteiger partial charge in [-0.15, -0.1) is 11.8 Å². The molecule has 0 unspecified atom stereocenters. The Morgan fingerprint density at radius 1 is 1.00 bits per heavy atom. The predicted octanol–water partition coefficient (Wildman–Crippen LogP) is 2.21. The normalized spacial score (nSPS) is 14.5. The number of dihydropyridines is 1. The van der Waals surface area contributed by atoms with E-state index in [2.05, 4.69) is 5.32 Å². The van der Waals surface area contributed by atoms with Crippen molar-refractivity contribution < 1.29 is 19.1 Å². The number of carbonyl (C=O) groups is 2. The third-order valence-electron chi connectivity index (χ3n) is 3.39. The lowest BCUT2D eigenvalue weighted by molar-refractivity contribution is -0.137. The van der Waals surface area contributed by atoms with Crippen LogP contribution in [0.5, 0.6) is 0 Å². The zero-order chi connectivity index (χ0) is 16.1. The molecule has 0 fully saturated rings. The molecule has 0 aromatic heterocycles. The molecule has 1 aromatic carbocycles. The van der Waals surface area contributed by atoms with Gasteiger partial charge in [-0.05, 0) is 24.0 Å². The van der Waals surface area contributed by atoms with Crippen LogP contribution in [-0.2, 0) is 19.1 Å². The molecule has 0 saturated heterocycles. The number of benzene rings is 1. The Morgan fingerprint density at radius 3 is 1.91 bits per heavy atom. The number of nitrogens with one attached hydrogen (secondary N) is 1. The number of rotatable bonds is 4. The van der Waals surface area contributed by atoms with Crippen LogP contribution in [0.1, 0.15) is 11.5 Å². The van der Waals surface area contributed by atoms with Crippen LogP contribution >= 0.6 is 11.8 Å². The Bertz CT molecular complexity index is 602. The average molecular weight is 319 g/mol. The molecule has 0 atom stereocenters. The Morgan fingerprint density at radius 2 is 1.50 bits per heavy atom. The minimum Gasteiger partial charge on any atom is -0.466 e. The zero-order valence-electron chi connectivity index (χ0n) is 12.6. The highest BCUT2D eigenvalue weighted by atomic mass is 32.2. The first kappa shape index (κ1) is 16.2. The van der Waals surface area contributed by atoms with Crippen LogP contribution in [0.15, 0.2) is 52.7 Å². The number of methoxy groups -OCH3 is 2. The summed E-state index contributed by atoms with van der Waals surface area (Å²) in [6.07, 6.45) is 5.08. The van der Waals surface area contributed by atoms with E-state index >= 15 is 0 Å². The molecule has 0 radical (unpaired) electrons. The molecule has 2 rings (SSSR count). The van der Waals surface area contributed by atoms with E-state index in [9.17, 15) is 9.59 Å². The molecule has 1 N–H and O–H groups in total. The maximum atomic E-state index is 12.0. The number of thioether (sulfide) groups is 1. The summed E-state index contributed by atoms with van der Waals surface area (Å²) >= 11 is 1.62. The number of hydrogen-bond donors (Lipinski definition) is 1. The lowest BCUT2D eigenvalue weighted by Crippen LogP contribution is -2.26. The second-order valence-electron chi connectivity index (χ2n) is 4.56. The molecule has 1 aromatic rings. The van der Waals surface area contributed by atoms with E-state index in [0.29, 0.717) is 11.1 Å². The molecular weight excluding hydrogens is 302 g/mol. The fourth-order valence-electron chi connectivity index (χ4n) is 2.30. The Hall–Kier alpha value is -2.21. The van der Waals surface area contributed by atoms with Gasteiger partial charge in [0.2, 0.25) is 0 Å². The summed E-state index contributed by atoms with van der Waals surface area (Å²) in [5, 5.41) is 2.81. The van der Waals surface area contributed by atoms with E-state index in [1.54, 1.807) is 24.2 Å². The topological polar surface area (TPSA) is 64.6 Å². The van der Waals surface area contributed by atoms with Gasteiger partial charge < -0.3 is 14.8 Å². The fraction of sp³-hybridized carbons (Fsp3) is 0.250. The van der Waals surface area contributed by atoms with Gasteiger partial charge in [0, 0.05) is 17.3 Å². The van der Waals surface area contributed by atoms with Crippen LogP contribution in [-0.4, -0.2) is 32.4 Å². The molecule has 0 bridgehead atoms. The van der Waals surface area contributed by atoms with Crippen molar-refractivity contribution in [2.45, 2.75) is 10.8 Å². The summed E-state index contributed by atoms with van der Waals surface area (Å²) < 4.78 is 9.63. The summed E-state index contributed by atoms with van der Waals surface area (Å²) in [4.78, 5) is 25.1. The van der Waals surface area contributed by atoms with Gasteiger partial charge in [0.1, 0.15) is 0 Å². The molecule has 1 aliphatic heterocycles. The number of carbonyl (C=O) groups excluding carboxylic acids is 2. The third kappa shape index (κ3) is 3.17. The Balaban J connectivity index is 2.47. The Kier molecular flexibility index (Phi) is 5.27. The Labute approximate surface area is 133 Å². The van der Waals surface area contributed by atoms with Crippen LogP contribution in [0.2, 0.25) is 0 Å². The molecule has 6 heteroatoms. The van der Waals surface area contributed by atoms with E-state index in [0.717, 1.165) is 10.5 Å². The summed E-state index contributed by atoms with van der Waals surface area (Å²) in [5.74, 6) is -1.49. The lowest BCUT2D eigenvalue weighted by atomic mass is 9.84. The first-order valence-corrected chi connectivity index (χ1v) is 7.81.